The Bertz CT molecular complexity index is 694. The Hall–Kier alpha value is -0.730. The van der Waals surface area contributed by atoms with Crippen molar-refractivity contribution in [1.82, 2.24) is 4.72 Å². The smallest absolute Gasteiger partial charge is 0.242 e. The van der Waals surface area contributed by atoms with Gasteiger partial charge in [-0.15, -0.1) is 11.3 Å². The van der Waals surface area contributed by atoms with Crippen molar-refractivity contribution in [3.63, 3.8) is 0 Å². The number of aryl methyl sites for hydroxylation is 1. The normalized spacial score (nSPS) is 11.8. The number of hydrogen-bond donors (Lipinski definition) is 2. The lowest BCUT2D eigenvalue weighted by Crippen LogP contribution is -2.23. The Morgan fingerprint density at radius 1 is 1.25 bits per heavy atom. The van der Waals surface area contributed by atoms with Gasteiger partial charge in [0, 0.05) is 18.0 Å². The van der Waals surface area contributed by atoms with Gasteiger partial charge in [0.25, 0.3) is 0 Å². The van der Waals surface area contributed by atoms with Gasteiger partial charge in [-0.2, -0.15) is 0 Å². The largest absolute Gasteiger partial charge is 0.326 e. The summed E-state index contributed by atoms with van der Waals surface area (Å²) >= 11 is 4.71. The van der Waals surface area contributed by atoms with Crippen molar-refractivity contribution in [3.05, 3.63) is 50.1 Å². The molecule has 7 heteroatoms. The molecular weight excluding hydrogens is 360 g/mol. The maximum absolute atomic E-state index is 12.2. The molecule has 20 heavy (non-hydrogen) atoms. The zero-order valence-electron chi connectivity index (χ0n) is 10.9. The van der Waals surface area contributed by atoms with Gasteiger partial charge in [0.15, 0.2) is 0 Å². The molecule has 0 bridgehead atoms. The molecule has 1 heterocycles. The van der Waals surface area contributed by atoms with Crippen molar-refractivity contribution >= 4 is 37.3 Å². The number of sulfonamides is 1. The zero-order chi connectivity index (χ0) is 14.8. The van der Waals surface area contributed by atoms with Crippen LogP contribution in [0, 0.1) is 6.92 Å². The van der Waals surface area contributed by atoms with Gasteiger partial charge < -0.3 is 5.73 Å². The molecule has 2 rings (SSSR count). The predicted molar refractivity (Wildman–Crippen MR) is 85.1 cm³/mol. The van der Waals surface area contributed by atoms with Gasteiger partial charge in [0.1, 0.15) is 0 Å². The van der Waals surface area contributed by atoms with E-state index >= 15 is 0 Å². The highest BCUT2D eigenvalue weighted by molar-refractivity contribution is 9.11. The Morgan fingerprint density at radius 3 is 2.35 bits per heavy atom. The molecule has 0 aliphatic carbocycles. The second-order valence-electron chi connectivity index (χ2n) is 4.32. The van der Waals surface area contributed by atoms with E-state index in [9.17, 15) is 8.42 Å². The van der Waals surface area contributed by atoms with Gasteiger partial charge in [-0.1, -0.05) is 24.3 Å². The Labute approximate surface area is 131 Å². The van der Waals surface area contributed by atoms with Crippen molar-refractivity contribution in [2.45, 2.75) is 24.9 Å². The molecule has 0 atom stereocenters. The first-order valence-corrected chi connectivity index (χ1v) is 9.05. The zero-order valence-corrected chi connectivity index (χ0v) is 14.1. The van der Waals surface area contributed by atoms with Crippen LogP contribution in [0.1, 0.15) is 16.0 Å². The summed E-state index contributed by atoms with van der Waals surface area (Å²) in [5, 5.41) is 0. The van der Waals surface area contributed by atoms with E-state index in [1.54, 1.807) is 13.0 Å². The van der Waals surface area contributed by atoms with Gasteiger partial charge in [-0.3, -0.25) is 0 Å². The van der Waals surface area contributed by atoms with Crippen LogP contribution in [0.2, 0.25) is 0 Å². The van der Waals surface area contributed by atoms with E-state index in [4.69, 9.17) is 5.73 Å². The fourth-order valence-corrected chi connectivity index (χ4v) is 5.18. The maximum atomic E-state index is 12.2. The SMILES string of the molecule is Cc1sc(Br)cc1S(=O)(=O)NCc1ccc(CN)cc1. The Kier molecular flexibility index (Phi) is 4.98. The van der Waals surface area contributed by atoms with Crippen LogP contribution >= 0.6 is 27.3 Å². The third-order valence-electron chi connectivity index (χ3n) is 2.86. The highest BCUT2D eigenvalue weighted by atomic mass is 79.9. The molecule has 1 aromatic carbocycles. The van der Waals surface area contributed by atoms with Gasteiger partial charge >= 0.3 is 0 Å². The summed E-state index contributed by atoms with van der Waals surface area (Å²) in [6, 6.07) is 9.17. The number of nitrogens with one attached hydrogen (secondary N) is 1. The highest BCUT2D eigenvalue weighted by Gasteiger charge is 2.19. The summed E-state index contributed by atoms with van der Waals surface area (Å²) in [6.07, 6.45) is 0. The molecule has 0 radical (unpaired) electrons. The van der Waals surface area contributed by atoms with Crippen LogP contribution in [0.5, 0.6) is 0 Å². The lowest BCUT2D eigenvalue weighted by molar-refractivity contribution is 0.581. The van der Waals surface area contributed by atoms with E-state index in [1.807, 2.05) is 24.3 Å². The summed E-state index contributed by atoms with van der Waals surface area (Å²) in [6.45, 7) is 2.54. The third-order valence-corrected chi connectivity index (χ3v) is 6.07. The van der Waals surface area contributed by atoms with E-state index in [0.717, 1.165) is 19.8 Å². The van der Waals surface area contributed by atoms with Crippen molar-refractivity contribution in [2.75, 3.05) is 0 Å². The average molecular weight is 375 g/mol. The summed E-state index contributed by atoms with van der Waals surface area (Å²) < 4.78 is 27.9. The molecule has 0 amide bonds. The lowest BCUT2D eigenvalue weighted by atomic mass is 10.1. The fourth-order valence-electron chi connectivity index (χ4n) is 1.75. The number of rotatable bonds is 5. The molecule has 1 aromatic heterocycles. The van der Waals surface area contributed by atoms with Crippen molar-refractivity contribution in [2.24, 2.45) is 5.73 Å². The molecule has 0 unspecified atom stereocenters. The second kappa shape index (κ2) is 6.36. The number of thiophene rings is 1. The van der Waals surface area contributed by atoms with Crippen LogP contribution in [0.25, 0.3) is 0 Å². The van der Waals surface area contributed by atoms with Gasteiger partial charge in [-0.25, -0.2) is 13.1 Å². The summed E-state index contributed by atoms with van der Waals surface area (Å²) in [5.41, 5.74) is 7.45. The minimum atomic E-state index is -3.48. The van der Waals surface area contributed by atoms with Crippen LogP contribution in [0.15, 0.2) is 39.0 Å². The van der Waals surface area contributed by atoms with Crippen LogP contribution in [-0.4, -0.2) is 8.42 Å². The summed E-state index contributed by atoms with van der Waals surface area (Å²) in [5.74, 6) is 0. The lowest BCUT2D eigenvalue weighted by Gasteiger charge is -2.07. The Balaban J connectivity index is 2.11. The molecule has 108 valence electrons. The predicted octanol–water partition coefficient (Wildman–Crippen LogP) is 2.76. The number of nitrogens with two attached hydrogens (primary N) is 1. The maximum Gasteiger partial charge on any atom is 0.242 e. The fraction of sp³-hybridized carbons (Fsp3) is 0.231. The number of benzene rings is 1. The minimum absolute atomic E-state index is 0.264. The summed E-state index contributed by atoms with van der Waals surface area (Å²) in [7, 11) is -3.48. The quantitative estimate of drug-likeness (QED) is 0.844. The number of hydrogen-bond acceptors (Lipinski definition) is 4. The number of halogens is 1. The molecule has 0 saturated heterocycles. The van der Waals surface area contributed by atoms with Crippen molar-refractivity contribution in [3.8, 4) is 0 Å². The first kappa shape index (κ1) is 15.7. The molecule has 4 nitrogen and oxygen atoms in total. The standard InChI is InChI=1S/C13H15BrN2O2S2/c1-9-12(6-13(14)19-9)20(17,18)16-8-11-4-2-10(7-15)3-5-11/h2-6,16H,7-8,15H2,1H3. The molecule has 0 aliphatic heterocycles. The van der Waals surface area contributed by atoms with Gasteiger partial charge in [0.2, 0.25) is 10.0 Å². The van der Waals surface area contributed by atoms with E-state index in [0.29, 0.717) is 11.4 Å². The third kappa shape index (κ3) is 3.67. The molecule has 0 saturated carbocycles. The molecule has 2 aromatic rings. The van der Waals surface area contributed by atoms with E-state index in [1.165, 1.54) is 11.3 Å². The van der Waals surface area contributed by atoms with Crippen molar-refractivity contribution < 1.29 is 8.42 Å². The van der Waals surface area contributed by atoms with Gasteiger partial charge in [0.05, 0.1) is 8.68 Å². The average Bonchev–Trinajstić information content (AvgIpc) is 2.77. The van der Waals surface area contributed by atoms with Crippen LogP contribution in [0.3, 0.4) is 0 Å². The topological polar surface area (TPSA) is 72.2 Å². The van der Waals surface area contributed by atoms with Crippen LogP contribution < -0.4 is 10.5 Å². The first-order valence-electron chi connectivity index (χ1n) is 5.96. The van der Waals surface area contributed by atoms with Crippen molar-refractivity contribution in [1.29, 1.82) is 0 Å². The van der Waals surface area contributed by atoms with E-state index in [-0.39, 0.29) is 6.54 Å². The molecule has 0 aliphatic rings. The molecule has 3 N–H and O–H groups in total. The monoisotopic (exact) mass is 374 g/mol. The molecule has 0 fully saturated rings. The first-order chi connectivity index (χ1) is 9.42. The van der Waals surface area contributed by atoms with Gasteiger partial charge in [-0.05, 0) is 40.0 Å². The van der Waals surface area contributed by atoms with Crippen LogP contribution in [-0.2, 0) is 23.1 Å². The molecule has 0 spiro atoms. The second-order valence-corrected chi connectivity index (χ2v) is 8.69. The summed E-state index contributed by atoms with van der Waals surface area (Å²) in [4.78, 5) is 1.09. The van der Waals surface area contributed by atoms with E-state index < -0.39 is 10.0 Å². The molecular formula is C13H15BrN2O2S2. The van der Waals surface area contributed by atoms with Crippen LogP contribution in [0.4, 0.5) is 0 Å². The van der Waals surface area contributed by atoms with E-state index in [2.05, 4.69) is 20.7 Å². The highest BCUT2D eigenvalue weighted by Crippen LogP contribution is 2.29. The Morgan fingerprint density at radius 2 is 1.85 bits per heavy atom. The minimum Gasteiger partial charge on any atom is -0.326 e.